The largest absolute Gasteiger partial charge is 0.335 e. The van der Waals surface area contributed by atoms with Crippen LogP contribution in [0.1, 0.15) is 26.6 Å². The fourth-order valence-electron chi connectivity index (χ4n) is 4.90. The van der Waals surface area contributed by atoms with Gasteiger partial charge in [-0.15, -0.1) is 11.3 Å². The third-order valence-electron chi connectivity index (χ3n) is 6.70. The predicted molar refractivity (Wildman–Crippen MR) is 133 cm³/mol. The van der Waals surface area contributed by atoms with Crippen molar-refractivity contribution < 1.29 is 9.59 Å². The number of likely N-dealkylation sites (tertiary alicyclic amines) is 2. The van der Waals surface area contributed by atoms with Crippen molar-refractivity contribution in [2.24, 2.45) is 0 Å². The molecule has 2 aromatic heterocycles. The van der Waals surface area contributed by atoms with E-state index in [-0.39, 0.29) is 23.9 Å². The van der Waals surface area contributed by atoms with Crippen LogP contribution in [0.25, 0.3) is 16.6 Å². The van der Waals surface area contributed by atoms with Crippen LogP contribution in [0.15, 0.2) is 72.4 Å². The van der Waals surface area contributed by atoms with E-state index in [2.05, 4.69) is 33.1 Å². The number of amides is 2. The highest BCUT2D eigenvalue weighted by Crippen LogP contribution is 2.24. The van der Waals surface area contributed by atoms with Gasteiger partial charge in [-0.25, -0.2) is 4.98 Å². The van der Waals surface area contributed by atoms with Crippen molar-refractivity contribution in [3.8, 4) is 5.69 Å². The smallest absolute Gasteiger partial charge is 0.282 e. The number of benzene rings is 2. The number of hydrogen-bond donors (Lipinski definition) is 1. The standard InChI is InChI=1S/C26H25N5O2S/c32-25(19-6-7-23-18(14-19)8-12-31(23)22-4-2-1-3-5-22)30-16-21(17-30)28-20-9-11-29(15-20)26(33)24-27-10-13-34-24/h1-8,10,12-14,20-21,28H,9,11,15-17H2/t20-/m0/s1. The molecule has 2 aromatic carbocycles. The van der Waals surface area contributed by atoms with Crippen molar-refractivity contribution >= 4 is 34.1 Å². The van der Waals surface area contributed by atoms with E-state index in [9.17, 15) is 9.59 Å². The van der Waals surface area contributed by atoms with Crippen LogP contribution in [-0.4, -0.2) is 69.4 Å². The van der Waals surface area contributed by atoms with Gasteiger partial charge in [-0.2, -0.15) is 0 Å². The third-order valence-corrected chi connectivity index (χ3v) is 7.46. The van der Waals surface area contributed by atoms with Gasteiger partial charge in [0.05, 0.1) is 5.52 Å². The molecule has 2 amide bonds. The Labute approximate surface area is 201 Å². The average Bonchev–Trinajstić information content (AvgIpc) is 3.61. The fourth-order valence-corrected chi connectivity index (χ4v) is 5.50. The molecule has 0 unspecified atom stereocenters. The molecule has 0 spiro atoms. The summed E-state index contributed by atoms with van der Waals surface area (Å²) in [5.74, 6) is 0.0839. The van der Waals surface area contributed by atoms with Gasteiger partial charge >= 0.3 is 0 Å². The minimum Gasteiger partial charge on any atom is -0.335 e. The molecule has 8 heteroatoms. The average molecular weight is 472 g/mol. The molecule has 2 aliphatic heterocycles. The van der Waals surface area contributed by atoms with Crippen molar-refractivity contribution in [2.75, 3.05) is 26.2 Å². The quantitative estimate of drug-likeness (QED) is 0.484. The first-order valence-corrected chi connectivity index (χ1v) is 12.4. The van der Waals surface area contributed by atoms with Gasteiger partial charge in [0.15, 0.2) is 5.01 Å². The normalized spacial score (nSPS) is 18.4. The molecule has 1 N–H and O–H groups in total. The number of para-hydroxylation sites is 1. The molecule has 7 nitrogen and oxygen atoms in total. The summed E-state index contributed by atoms with van der Waals surface area (Å²) in [6.07, 6.45) is 4.64. The van der Waals surface area contributed by atoms with Gasteiger partial charge in [-0.3, -0.25) is 9.59 Å². The second-order valence-corrected chi connectivity index (χ2v) is 9.84. The molecule has 0 aliphatic carbocycles. The number of carbonyl (C=O) groups excluding carboxylic acids is 2. The number of carbonyl (C=O) groups is 2. The Bertz CT molecular complexity index is 1330. The van der Waals surface area contributed by atoms with E-state index in [0.717, 1.165) is 35.1 Å². The summed E-state index contributed by atoms with van der Waals surface area (Å²) in [6.45, 7) is 2.82. The van der Waals surface area contributed by atoms with Gasteiger partial charge in [-0.1, -0.05) is 18.2 Å². The molecular formula is C26H25N5O2S. The summed E-state index contributed by atoms with van der Waals surface area (Å²) in [6, 6.07) is 18.7. The molecule has 172 valence electrons. The number of nitrogens with one attached hydrogen (secondary N) is 1. The van der Waals surface area contributed by atoms with E-state index in [1.54, 1.807) is 6.20 Å². The second-order valence-electron chi connectivity index (χ2n) is 8.94. The van der Waals surface area contributed by atoms with Crippen LogP contribution in [-0.2, 0) is 0 Å². The zero-order valence-corrected chi connectivity index (χ0v) is 19.4. The summed E-state index contributed by atoms with van der Waals surface area (Å²) in [5, 5.41) is 7.06. The molecule has 0 radical (unpaired) electrons. The molecule has 2 aliphatic rings. The van der Waals surface area contributed by atoms with Gasteiger partial charge in [0, 0.05) is 72.7 Å². The van der Waals surface area contributed by atoms with E-state index in [4.69, 9.17) is 0 Å². The lowest BCUT2D eigenvalue weighted by Crippen LogP contribution is -2.62. The monoisotopic (exact) mass is 471 g/mol. The lowest BCUT2D eigenvalue weighted by Gasteiger charge is -2.41. The van der Waals surface area contributed by atoms with Crippen molar-refractivity contribution in [1.29, 1.82) is 0 Å². The Morgan fingerprint density at radius 1 is 0.941 bits per heavy atom. The maximum Gasteiger partial charge on any atom is 0.282 e. The number of thiazole rings is 1. The zero-order valence-electron chi connectivity index (χ0n) is 18.6. The zero-order chi connectivity index (χ0) is 23.1. The molecule has 1 atom stereocenters. The first-order valence-electron chi connectivity index (χ1n) is 11.6. The molecule has 0 bridgehead atoms. The number of aromatic nitrogens is 2. The fraction of sp³-hybridized carbons (Fsp3) is 0.269. The maximum atomic E-state index is 13.0. The Kier molecular flexibility index (Phi) is 5.39. The van der Waals surface area contributed by atoms with Gasteiger partial charge in [0.1, 0.15) is 0 Å². The van der Waals surface area contributed by atoms with Crippen molar-refractivity contribution in [3.05, 3.63) is 82.9 Å². The molecular weight excluding hydrogens is 446 g/mol. The van der Waals surface area contributed by atoms with Crippen LogP contribution in [0, 0.1) is 0 Å². The van der Waals surface area contributed by atoms with Crippen LogP contribution >= 0.6 is 11.3 Å². The molecule has 0 saturated carbocycles. The number of rotatable bonds is 5. The van der Waals surface area contributed by atoms with Gasteiger partial charge in [0.25, 0.3) is 11.8 Å². The van der Waals surface area contributed by atoms with E-state index >= 15 is 0 Å². The Morgan fingerprint density at radius 3 is 2.56 bits per heavy atom. The van der Waals surface area contributed by atoms with Crippen molar-refractivity contribution in [1.82, 2.24) is 24.7 Å². The third kappa shape index (κ3) is 3.89. The van der Waals surface area contributed by atoms with Gasteiger partial charge in [-0.05, 0) is 42.8 Å². The van der Waals surface area contributed by atoms with E-state index in [1.807, 2.05) is 57.8 Å². The Hall–Kier alpha value is -3.49. The van der Waals surface area contributed by atoms with Crippen LogP contribution in [0.3, 0.4) is 0 Å². The predicted octanol–water partition coefficient (Wildman–Crippen LogP) is 3.42. The summed E-state index contributed by atoms with van der Waals surface area (Å²) in [4.78, 5) is 33.4. The van der Waals surface area contributed by atoms with Crippen LogP contribution in [0.2, 0.25) is 0 Å². The van der Waals surface area contributed by atoms with Gasteiger partial charge < -0.3 is 19.7 Å². The lowest BCUT2D eigenvalue weighted by atomic mass is 10.0. The molecule has 4 heterocycles. The Balaban J connectivity index is 1.05. The minimum atomic E-state index is 0.0150. The van der Waals surface area contributed by atoms with E-state index < -0.39 is 0 Å². The van der Waals surface area contributed by atoms with Crippen LogP contribution in [0.5, 0.6) is 0 Å². The van der Waals surface area contributed by atoms with Crippen LogP contribution < -0.4 is 5.32 Å². The van der Waals surface area contributed by atoms with Gasteiger partial charge in [0.2, 0.25) is 0 Å². The number of hydrogen-bond acceptors (Lipinski definition) is 5. The molecule has 4 aromatic rings. The minimum absolute atomic E-state index is 0.0150. The molecule has 2 saturated heterocycles. The first-order chi connectivity index (χ1) is 16.7. The van der Waals surface area contributed by atoms with Crippen molar-refractivity contribution in [3.63, 3.8) is 0 Å². The van der Waals surface area contributed by atoms with Crippen LogP contribution in [0.4, 0.5) is 0 Å². The molecule has 34 heavy (non-hydrogen) atoms. The highest BCUT2D eigenvalue weighted by atomic mass is 32.1. The summed E-state index contributed by atoms with van der Waals surface area (Å²) < 4.78 is 2.14. The van der Waals surface area contributed by atoms with Crippen molar-refractivity contribution in [2.45, 2.75) is 18.5 Å². The lowest BCUT2D eigenvalue weighted by molar-refractivity contribution is 0.0553. The highest BCUT2D eigenvalue weighted by molar-refractivity contribution is 7.11. The van der Waals surface area contributed by atoms with E-state index in [0.29, 0.717) is 24.6 Å². The molecule has 2 fully saturated rings. The number of fused-ring (bicyclic) bond motifs is 1. The summed E-state index contributed by atoms with van der Waals surface area (Å²) in [7, 11) is 0. The first kappa shape index (κ1) is 21.1. The second kappa shape index (κ2) is 8.70. The summed E-state index contributed by atoms with van der Waals surface area (Å²) >= 11 is 1.38. The molecule has 6 rings (SSSR count). The highest BCUT2D eigenvalue weighted by Gasteiger charge is 2.35. The Morgan fingerprint density at radius 2 is 1.76 bits per heavy atom. The number of nitrogens with zero attached hydrogens (tertiary/aromatic N) is 4. The topological polar surface area (TPSA) is 70.5 Å². The van der Waals surface area contributed by atoms with E-state index in [1.165, 1.54) is 11.3 Å². The maximum absolute atomic E-state index is 13.0. The SMILES string of the molecule is O=C(c1ccc2c(ccn2-c2ccccc2)c1)N1CC(N[C@H]2CCN(C(=O)c3nccs3)C2)C1. The summed E-state index contributed by atoms with van der Waals surface area (Å²) in [5.41, 5.74) is 2.91.